The van der Waals surface area contributed by atoms with Crippen LogP contribution in [0.1, 0.15) is 96.8 Å². The lowest BCUT2D eigenvalue weighted by molar-refractivity contribution is -0.172. The van der Waals surface area contributed by atoms with E-state index in [0.29, 0.717) is 32.3 Å². The molecule has 0 aromatic rings. The SMILES string of the molecule is CCCCCCCC(O)(O)CCCCCC/C=C/CC(CCOC)C(=O)O. The first-order valence-corrected chi connectivity index (χ1v) is 10.7. The van der Waals surface area contributed by atoms with Gasteiger partial charge in [0.05, 0.1) is 5.92 Å². The second kappa shape index (κ2) is 17.2. The van der Waals surface area contributed by atoms with E-state index in [1.54, 1.807) is 7.11 Å². The molecule has 0 spiro atoms. The number of hydrogen-bond donors (Lipinski definition) is 3. The summed E-state index contributed by atoms with van der Waals surface area (Å²) in [5, 5.41) is 29.1. The van der Waals surface area contributed by atoms with Crippen molar-refractivity contribution in [1.29, 1.82) is 0 Å². The summed E-state index contributed by atoms with van der Waals surface area (Å²) in [6, 6.07) is 0. The number of aliphatic hydroxyl groups is 2. The molecule has 0 aliphatic heterocycles. The third-order valence-corrected chi connectivity index (χ3v) is 4.99. The number of carbonyl (C=O) groups is 1. The molecule has 0 radical (unpaired) electrons. The average Bonchev–Trinajstić information content (AvgIpc) is 2.62. The van der Waals surface area contributed by atoms with E-state index < -0.39 is 11.8 Å². The number of methoxy groups -OCH3 is 1. The highest BCUT2D eigenvalue weighted by molar-refractivity contribution is 5.70. The van der Waals surface area contributed by atoms with Crippen LogP contribution in [0.3, 0.4) is 0 Å². The van der Waals surface area contributed by atoms with E-state index in [4.69, 9.17) is 9.84 Å². The minimum Gasteiger partial charge on any atom is -0.481 e. The highest BCUT2D eigenvalue weighted by Crippen LogP contribution is 2.20. The van der Waals surface area contributed by atoms with E-state index in [-0.39, 0.29) is 5.92 Å². The molecule has 0 fully saturated rings. The maximum absolute atomic E-state index is 11.1. The van der Waals surface area contributed by atoms with Gasteiger partial charge in [-0.2, -0.15) is 0 Å². The molecule has 27 heavy (non-hydrogen) atoms. The van der Waals surface area contributed by atoms with Crippen molar-refractivity contribution < 1.29 is 24.9 Å². The van der Waals surface area contributed by atoms with Crippen LogP contribution in [0, 0.1) is 5.92 Å². The number of carboxylic acid groups (broad SMARTS) is 1. The molecule has 1 unspecified atom stereocenters. The van der Waals surface area contributed by atoms with Gasteiger partial charge in [-0.15, -0.1) is 0 Å². The fourth-order valence-electron chi connectivity index (χ4n) is 3.14. The normalized spacial score (nSPS) is 13.3. The summed E-state index contributed by atoms with van der Waals surface area (Å²) in [6.07, 6.45) is 16.5. The molecule has 5 nitrogen and oxygen atoms in total. The maximum atomic E-state index is 11.1. The van der Waals surface area contributed by atoms with Crippen molar-refractivity contribution in [1.82, 2.24) is 0 Å². The lowest BCUT2D eigenvalue weighted by Crippen LogP contribution is -2.27. The van der Waals surface area contributed by atoms with E-state index in [2.05, 4.69) is 13.0 Å². The van der Waals surface area contributed by atoms with Crippen LogP contribution in [0.15, 0.2) is 12.2 Å². The van der Waals surface area contributed by atoms with E-state index in [1.807, 2.05) is 6.08 Å². The van der Waals surface area contributed by atoms with E-state index >= 15 is 0 Å². The number of carboxylic acids is 1. The summed E-state index contributed by atoms with van der Waals surface area (Å²) in [5.74, 6) is -2.64. The van der Waals surface area contributed by atoms with Crippen molar-refractivity contribution >= 4 is 5.97 Å². The predicted molar refractivity (Wildman–Crippen MR) is 110 cm³/mol. The molecule has 0 aliphatic rings. The molecule has 0 saturated carbocycles. The fraction of sp³-hybridized carbons (Fsp3) is 0.864. The number of allylic oxidation sites excluding steroid dienone is 2. The number of hydrogen-bond acceptors (Lipinski definition) is 4. The van der Waals surface area contributed by atoms with Gasteiger partial charge >= 0.3 is 5.97 Å². The van der Waals surface area contributed by atoms with Gasteiger partial charge in [-0.05, 0) is 38.5 Å². The van der Waals surface area contributed by atoms with Crippen LogP contribution in [0.2, 0.25) is 0 Å². The minimum atomic E-state index is -1.50. The van der Waals surface area contributed by atoms with Gasteiger partial charge in [0, 0.05) is 26.6 Å². The van der Waals surface area contributed by atoms with Crippen LogP contribution in [0.25, 0.3) is 0 Å². The molecule has 0 amide bonds. The molecule has 0 aromatic heterocycles. The standard InChI is InChI=1S/C22H42O5/c1-3-4-5-10-13-17-22(25,26)18-14-11-8-6-7-9-12-15-20(21(23)24)16-19-27-2/h9,12,20,25-26H,3-8,10-11,13-19H2,1-2H3,(H,23,24)/b12-9+. The van der Waals surface area contributed by atoms with Gasteiger partial charge in [-0.1, -0.05) is 57.6 Å². The smallest absolute Gasteiger partial charge is 0.306 e. The zero-order chi connectivity index (χ0) is 20.4. The second-order valence-corrected chi connectivity index (χ2v) is 7.62. The molecule has 3 N–H and O–H groups in total. The maximum Gasteiger partial charge on any atom is 0.306 e. The van der Waals surface area contributed by atoms with Crippen molar-refractivity contribution in [2.45, 2.75) is 103 Å². The number of unbranched alkanes of at least 4 members (excludes halogenated alkanes) is 8. The number of aliphatic carboxylic acids is 1. The molecular weight excluding hydrogens is 344 g/mol. The Morgan fingerprint density at radius 1 is 0.963 bits per heavy atom. The van der Waals surface area contributed by atoms with Crippen LogP contribution in [0.4, 0.5) is 0 Å². The largest absolute Gasteiger partial charge is 0.481 e. The Morgan fingerprint density at radius 3 is 2.11 bits per heavy atom. The number of ether oxygens (including phenoxy) is 1. The topological polar surface area (TPSA) is 87.0 Å². The molecular formula is C22H42O5. The van der Waals surface area contributed by atoms with Gasteiger partial charge in [0.15, 0.2) is 5.79 Å². The Morgan fingerprint density at radius 2 is 1.56 bits per heavy atom. The Kier molecular flexibility index (Phi) is 16.6. The highest BCUT2D eigenvalue weighted by atomic mass is 16.5. The van der Waals surface area contributed by atoms with Crippen LogP contribution >= 0.6 is 0 Å². The van der Waals surface area contributed by atoms with Gasteiger partial charge in [0.2, 0.25) is 0 Å². The zero-order valence-electron chi connectivity index (χ0n) is 17.5. The minimum absolute atomic E-state index is 0.370. The Labute approximate surface area is 165 Å². The second-order valence-electron chi connectivity index (χ2n) is 7.62. The summed E-state index contributed by atoms with van der Waals surface area (Å²) < 4.78 is 4.94. The molecule has 160 valence electrons. The van der Waals surface area contributed by atoms with E-state index in [9.17, 15) is 15.0 Å². The molecule has 0 aromatic carbocycles. The summed E-state index contributed by atoms with van der Waals surface area (Å²) >= 11 is 0. The Hall–Kier alpha value is -0.910. The van der Waals surface area contributed by atoms with Gasteiger partial charge < -0.3 is 20.1 Å². The third-order valence-electron chi connectivity index (χ3n) is 4.99. The summed E-state index contributed by atoms with van der Waals surface area (Å²) in [6.45, 7) is 2.65. The molecule has 0 heterocycles. The van der Waals surface area contributed by atoms with Gasteiger partial charge in [-0.25, -0.2) is 0 Å². The van der Waals surface area contributed by atoms with Crippen molar-refractivity contribution in [3.05, 3.63) is 12.2 Å². The van der Waals surface area contributed by atoms with Gasteiger partial charge in [0.1, 0.15) is 0 Å². The molecule has 0 bridgehead atoms. The zero-order valence-corrected chi connectivity index (χ0v) is 17.5. The molecule has 0 aliphatic carbocycles. The third kappa shape index (κ3) is 17.0. The van der Waals surface area contributed by atoms with Crippen LogP contribution in [-0.2, 0) is 9.53 Å². The molecule has 0 rings (SSSR count). The summed E-state index contributed by atoms with van der Waals surface area (Å²) in [4.78, 5) is 11.1. The predicted octanol–water partition coefficient (Wildman–Crippen LogP) is 5.05. The van der Waals surface area contributed by atoms with Crippen LogP contribution in [0.5, 0.6) is 0 Å². The monoisotopic (exact) mass is 386 g/mol. The van der Waals surface area contributed by atoms with Crippen LogP contribution in [-0.4, -0.2) is 40.8 Å². The molecule has 0 saturated heterocycles. The van der Waals surface area contributed by atoms with Crippen molar-refractivity contribution in [2.75, 3.05) is 13.7 Å². The highest BCUT2D eigenvalue weighted by Gasteiger charge is 2.21. The number of rotatable bonds is 19. The van der Waals surface area contributed by atoms with Crippen molar-refractivity contribution in [2.24, 2.45) is 5.92 Å². The van der Waals surface area contributed by atoms with Crippen molar-refractivity contribution in [3.8, 4) is 0 Å². The summed E-state index contributed by atoms with van der Waals surface area (Å²) in [7, 11) is 1.58. The first kappa shape index (κ1) is 26.1. The Bertz CT molecular complexity index is 379. The quantitative estimate of drug-likeness (QED) is 0.164. The lowest BCUT2D eigenvalue weighted by atomic mass is 9.99. The van der Waals surface area contributed by atoms with Gasteiger partial charge in [0.25, 0.3) is 0 Å². The molecule has 5 heteroatoms. The average molecular weight is 387 g/mol. The van der Waals surface area contributed by atoms with Crippen LogP contribution < -0.4 is 0 Å². The van der Waals surface area contributed by atoms with E-state index in [1.165, 1.54) is 19.3 Å². The first-order valence-electron chi connectivity index (χ1n) is 10.7. The molecule has 1 atom stereocenters. The lowest BCUT2D eigenvalue weighted by Gasteiger charge is -2.21. The van der Waals surface area contributed by atoms with Gasteiger partial charge in [-0.3, -0.25) is 4.79 Å². The first-order chi connectivity index (χ1) is 12.9. The van der Waals surface area contributed by atoms with E-state index in [0.717, 1.165) is 44.9 Å². The summed E-state index contributed by atoms with van der Waals surface area (Å²) in [5.41, 5.74) is 0. The Balaban J connectivity index is 3.65. The van der Waals surface area contributed by atoms with Crippen molar-refractivity contribution in [3.63, 3.8) is 0 Å². The fourth-order valence-corrected chi connectivity index (χ4v) is 3.14.